The molecule has 0 aromatic heterocycles. The van der Waals surface area contributed by atoms with Gasteiger partial charge in [0.2, 0.25) is 0 Å². The number of carbonyl (C=O) groups excluding carboxylic acids is 2. The minimum absolute atomic E-state index is 0.0604. The maximum absolute atomic E-state index is 13.8. The van der Waals surface area contributed by atoms with E-state index in [1.807, 2.05) is 0 Å². The SMILES string of the molecule is COC(=O)Nc1ccc(Cl)c(CN(C(=O)c2cc(F)cc(F)c2)C2CCCCC2N)c1. The van der Waals surface area contributed by atoms with Gasteiger partial charge in [-0.15, -0.1) is 0 Å². The average molecular weight is 452 g/mol. The number of nitrogens with two attached hydrogens (primary N) is 1. The molecule has 2 unspecified atom stereocenters. The van der Waals surface area contributed by atoms with Crippen molar-refractivity contribution >= 4 is 29.3 Å². The molecule has 1 aliphatic carbocycles. The Bertz CT molecular complexity index is 953. The van der Waals surface area contributed by atoms with Crippen LogP contribution in [-0.4, -0.2) is 36.1 Å². The number of hydrogen-bond donors (Lipinski definition) is 2. The fourth-order valence-corrected chi connectivity index (χ4v) is 4.01. The van der Waals surface area contributed by atoms with Gasteiger partial charge in [-0.1, -0.05) is 24.4 Å². The average Bonchev–Trinajstić information content (AvgIpc) is 2.73. The van der Waals surface area contributed by atoms with Crippen LogP contribution in [0, 0.1) is 11.6 Å². The first kappa shape index (κ1) is 23.0. The smallest absolute Gasteiger partial charge is 0.411 e. The lowest BCUT2D eigenvalue weighted by Gasteiger charge is -2.38. The molecule has 31 heavy (non-hydrogen) atoms. The Labute approximate surface area is 184 Å². The second-order valence-corrected chi connectivity index (χ2v) is 7.94. The summed E-state index contributed by atoms with van der Waals surface area (Å²) in [6.45, 7) is 0.0604. The Morgan fingerprint density at radius 3 is 2.48 bits per heavy atom. The molecule has 3 N–H and O–H groups in total. The molecule has 1 fully saturated rings. The van der Waals surface area contributed by atoms with Gasteiger partial charge in [0.1, 0.15) is 11.6 Å². The summed E-state index contributed by atoms with van der Waals surface area (Å²) in [6, 6.07) is 6.95. The van der Waals surface area contributed by atoms with Crippen LogP contribution in [0.3, 0.4) is 0 Å². The van der Waals surface area contributed by atoms with Crippen molar-refractivity contribution in [2.24, 2.45) is 5.73 Å². The van der Waals surface area contributed by atoms with Gasteiger partial charge >= 0.3 is 6.09 Å². The van der Waals surface area contributed by atoms with E-state index in [0.717, 1.165) is 31.4 Å². The predicted octanol–water partition coefficient (Wildman–Crippen LogP) is 4.71. The number of ether oxygens (including phenoxy) is 1. The largest absolute Gasteiger partial charge is 0.453 e. The third kappa shape index (κ3) is 5.71. The van der Waals surface area contributed by atoms with Crippen LogP contribution in [0.5, 0.6) is 0 Å². The van der Waals surface area contributed by atoms with Gasteiger partial charge in [-0.3, -0.25) is 10.1 Å². The maximum atomic E-state index is 13.8. The summed E-state index contributed by atoms with van der Waals surface area (Å²) in [5.74, 6) is -2.21. The predicted molar refractivity (Wildman–Crippen MR) is 114 cm³/mol. The lowest BCUT2D eigenvalue weighted by atomic mass is 9.89. The van der Waals surface area contributed by atoms with Gasteiger partial charge in [0, 0.05) is 41.0 Å². The van der Waals surface area contributed by atoms with Gasteiger partial charge < -0.3 is 15.4 Å². The van der Waals surface area contributed by atoms with Gasteiger partial charge in [0.15, 0.2) is 0 Å². The number of carbonyl (C=O) groups is 2. The summed E-state index contributed by atoms with van der Waals surface area (Å²) < 4.78 is 32.1. The monoisotopic (exact) mass is 451 g/mol. The first-order valence-electron chi connectivity index (χ1n) is 9.94. The fourth-order valence-electron chi connectivity index (χ4n) is 3.84. The highest BCUT2D eigenvalue weighted by Gasteiger charge is 2.32. The summed E-state index contributed by atoms with van der Waals surface area (Å²) in [5, 5.41) is 2.93. The van der Waals surface area contributed by atoms with Crippen molar-refractivity contribution in [1.82, 2.24) is 4.90 Å². The topological polar surface area (TPSA) is 84.7 Å². The number of benzene rings is 2. The molecule has 3 rings (SSSR count). The minimum atomic E-state index is -0.835. The van der Waals surface area contributed by atoms with Gasteiger partial charge in [0.25, 0.3) is 5.91 Å². The second kappa shape index (κ2) is 10.1. The van der Waals surface area contributed by atoms with E-state index in [1.54, 1.807) is 18.2 Å². The first-order chi connectivity index (χ1) is 14.8. The van der Waals surface area contributed by atoms with Crippen LogP contribution in [0.25, 0.3) is 0 Å². The Morgan fingerprint density at radius 1 is 1.16 bits per heavy atom. The molecule has 0 saturated heterocycles. The van der Waals surface area contributed by atoms with Crippen molar-refractivity contribution in [1.29, 1.82) is 0 Å². The van der Waals surface area contributed by atoms with E-state index in [1.165, 1.54) is 12.0 Å². The van der Waals surface area contributed by atoms with Crippen LogP contribution in [0.1, 0.15) is 41.6 Å². The first-order valence-corrected chi connectivity index (χ1v) is 10.3. The quantitative estimate of drug-likeness (QED) is 0.689. The number of amides is 2. The molecule has 1 aliphatic rings. The van der Waals surface area contributed by atoms with Crippen LogP contribution in [0.4, 0.5) is 19.3 Å². The van der Waals surface area contributed by atoms with Crippen molar-refractivity contribution in [3.8, 4) is 0 Å². The lowest BCUT2D eigenvalue weighted by molar-refractivity contribution is 0.0582. The maximum Gasteiger partial charge on any atom is 0.411 e. The molecule has 2 aromatic rings. The summed E-state index contributed by atoms with van der Waals surface area (Å²) in [6.07, 6.45) is 2.60. The highest BCUT2D eigenvalue weighted by atomic mass is 35.5. The van der Waals surface area contributed by atoms with Crippen LogP contribution in [0.2, 0.25) is 5.02 Å². The zero-order chi connectivity index (χ0) is 22.5. The van der Waals surface area contributed by atoms with Gasteiger partial charge in [-0.2, -0.15) is 0 Å². The number of anilines is 1. The molecular formula is C22H24ClF2N3O3. The Hall–Kier alpha value is -2.71. The van der Waals surface area contributed by atoms with Crippen LogP contribution < -0.4 is 11.1 Å². The number of rotatable bonds is 5. The number of methoxy groups -OCH3 is 1. The normalized spacial score (nSPS) is 18.4. The standard InChI is InChI=1S/C22H24ClF2N3O3/c1-31-22(30)27-17-6-7-18(23)14(10-17)12-28(20-5-3-2-4-19(20)26)21(29)13-8-15(24)11-16(25)9-13/h6-11,19-20H,2-5,12,26H2,1H3,(H,27,30). The Morgan fingerprint density at radius 2 is 1.84 bits per heavy atom. The van der Waals surface area contributed by atoms with Gasteiger partial charge in [-0.05, 0) is 48.7 Å². The summed E-state index contributed by atoms with van der Waals surface area (Å²) >= 11 is 6.35. The molecule has 2 amide bonds. The summed E-state index contributed by atoms with van der Waals surface area (Å²) in [7, 11) is 1.25. The van der Waals surface area contributed by atoms with Gasteiger partial charge in [-0.25, -0.2) is 13.6 Å². The van der Waals surface area contributed by atoms with E-state index in [2.05, 4.69) is 10.1 Å². The lowest BCUT2D eigenvalue weighted by Crippen LogP contribution is -2.51. The molecule has 6 nitrogen and oxygen atoms in total. The number of halogens is 3. The second-order valence-electron chi connectivity index (χ2n) is 7.53. The Kier molecular flexibility index (Phi) is 7.46. The Balaban J connectivity index is 1.96. The highest BCUT2D eigenvalue weighted by molar-refractivity contribution is 6.31. The molecule has 0 heterocycles. The van der Waals surface area contributed by atoms with E-state index in [9.17, 15) is 18.4 Å². The van der Waals surface area contributed by atoms with E-state index in [4.69, 9.17) is 17.3 Å². The molecule has 1 saturated carbocycles. The van der Waals surface area contributed by atoms with E-state index >= 15 is 0 Å². The van der Waals surface area contributed by atoms with Crippen molar-refractivity contribution in [2.45, 2.75) is 44.3 Å². The van der Waals surface area contributed by atoms with Crippen LogP contribution in [0.15, 0.2) is 36.4 Å². The summed E-state index contributed by atoms with van der Waals surface area (Å²) in [4.78, 5) is 26.4. The molecule has 0 radical (unpaired) electrons. The number of nitrogens with one attached hydrogen (secondary N) is 1. The number of hydrogen-bond acceptors (Lipinski definition) is 4. The molecule has 0 aliphatic heterocycles. The van der Waals surface area contributed by atoms with Crippen LogP contribution >= 0.6 is 11.6 Å². The van der Waals surface area contributed by atoms with Crippen LogP contribution in [-0.2, 0) is 11.3 Å². The minimum Gasteiger partial charge on any atom is -0.453 e. The van der Waals surface area contributed by atoms with Crippen molar-refractivity contribution in [2.75, 3.05) is 12.4 Å². The molecule has 9 heteroatoms. The highest BCUT2D eigenvalue weighted by Crippen LogP contribution is 2.29. The third-order valence-corrected chi connectivity index (χ3v) is 5.74. The van der Waals surface area contributed by atoms with Crippen molar-refractivity contribution in [3.05, 3.63) is 64.2 Å². The van der Waals surface area contributed by atoms with Crippen molar-refractivity contribution in [3.63, 3.8) is 0 Å². The fraction of sp³-hybridized carbons (Fsp3) is 0.364. The zero-order valence-corrected chi connectivity index (χ0v) is 17.8. The van der Waals surface area contributed by atoms with E-state index in [0.29, 0.717) is 28.8 Å². The van der Waals surface area contributed by atoms with Gasteiger partial charge in [0.05, 0.1) is 7.11 Å². The molecular weight excluding hydrogens is 428 g/mol. The van der Waals surface area contributed by atoms with E-state index < -0.39 is 23.6 Å². The molecule has 2 atom stereocenters. The summed E-state index contributed by atoms with van der Waals surface area (Å²) in [5.41, 5.74) is 7.20. The zero-order valence-electron chi connectivity index (χ0n) is 17.0. The van der Waals surface area contributed by atoms with E-state index in [-0.39, 0.29) is 24.2 Å². The number of nitrogens with zero attached hydrogens (tertiary/aromatic N) is 1. The third-order valence-electron chi connectivity index (χ3n) is 5.37. The molecule has 166 valence electrons. The molecule has 0 spiro atoms. The molecule has 0 bridgehead atoms. The molecule has 2 aromatic carbocycles. The van der Waals surface area contributed by atoms with Crippen molar-refractivity contribution < 1.29 is 23.1 Å².